The second-order valence-corrected chi connectivity index (χ2v) is 9.23. The summed E-state index contributed by atoms with van der Waals surface area (Å²) >= 11 is 1.66. The van der Waals surface area contributed by atoms with Crippen LogP contribution in [0.3, 0.4) is 0 Å². The van der Waals surface area contributed by atoms with Gasteiger partial charge in [-0.05, 0) is 66.0 Å². The maximum Gasteiger partial charge on any atom is 0.222 e. The lowest BCUT2D eigenvalue weighted by Gasteiger charge is -2.22. The molecule has 0 saturated carbocycles. The van der Waals surface area contributed by atoms with Gasteiger partial charge in [0.1, 0.15) is 0 Å². The number of nitrogens with zero attached hydrogens (tertiary/aromatic N) is 2. The molecule has 5 rings (SSSR count). The van der Waals surface area contributed by atoms with Gasteiger partial charge in [-0.25, -0.2) is 0 Å². The fourth-order valence-electron chi connectivity index (χ4n) is 4.49. The third-order valence-electron chi connectivity index (χ3n) is 6.15. The van der Waals surface area contributed by atoms with Gasteiger partial charge in [-0.1, -0.05) is 36.4 Å². The quantitative estimate of drug-likeness (QED) is 0.472. The molecular weight excluding hydrogens is 418 g/mol. The molecule has 5 nitrogen and oxygen atoms in total. The summed E-state index contributed by atoms with van der Waals surface area (Å²) in [5.41, 5.74) is 4.62. The first-order valence-corrected chi connectivity index (χ1v) is 12.0. The van der Waals surface area contributed by atoms with Crippen LogP contribution < -0.4 is 10.7 Å². The van der Waals surface area contributed by atoms with Crippen LogP contribution in [0, 0.1) is 0 Å². The molecule has 4 aromatic rings. The summed E-state index contributed by atoms with van der Waals surface area (Å²) in [6.45, 7) is 0.411. The fraction of sp³-hybridized carbons (Fsp3) is 0.269. The lowest BCUT2D eigenvalue weighted by molar-refractivity contribution is -0.121. The number of rotatable bonds is 6. The third-order valence-corrected chi connectivity index (χ3v) is 7.09. The van der Waals surface area contributed by atoms with Crippen molar-refractivity contribution in [3.8, 4) is 0 Å². The minimum absolute atomic E-state index is 0.0364. The number of hydrogen-bond donors (Lipinski definition) is 1. The maximum absolute atomic E-state index is 13.0. The maximum atomic E-state index is 13.0. The number of benzene rings is 2. The van der Waals surface area contributed by atoms with Crippen molar-refractivity contribution in [3.63, 3.8) is 0 Å². The van der Waals surface area contributed by atoms with Crippen molar-refractivity contribution in [2.24, 2.45) is 0 Å². The van der Waals surface area contributed by atoms with Crippen molar-refractivity contribution < 1.29 is 4.79 Å². The van der Waals surface area contributed by atoms with Gasteiger partial charge in [0.15, 0.2) is 0 Å². The number of amides is 1. The van der Waals surface area contributed by atoms with Crippen molar-refractivity contribution >= 4 is 28.1 Å². The van der Waals surface area contributed by atoms with Gasteiger partial charge in [0.2, 0.25) is 11.3 Å². The average Bonchev–Trinajstić information content (AvgIpc) is 3.37. The van der Waals surface area contributed by atoms with Gasteiger partial charge in [0.25, 0.3) is 0 Å². The van der Waals surface area contributed by atoms with Crippen LogP contribution in [0.15, 0.2) is 71.0 Å². The summed E-state index contributed by atoms with van der Waals surface area (Å²) in [6, 6.07) is 18.0. The molecule has 32 heavy (non-hydrogen) atoms. The molecule has 2 aromatic heterocycles. The predicted octanol–water partition coefficient (Wildman–Crippen LogP) is 4.63. The summed E-state index contributed by atoms with van der Waals surface area (Å²) in [7, 11) is 0. The van der Waals surface area contributed by atoms with E-state index in [-0.39, 0.29) is 23.8 Å². The molecule has 0 spiro atoms. The van der Waals surface area contributed by atoms with Gasteiger partial charge in [0.05, 0.1) is 24.3 Å². The predicted molar refractivity (Wildman–Crippen MR) is 128 cm³/mol. The number of carbonyl (C=O) groups is 1. The molecule has 2 aromatic carbocycles. The van der Waals surface area contributed by atoms with Gasteiger partial charge in [0, 0.05) is 16.7 Å². The Morgan fingerprint density at radius 2 is 1.91 bits per heavy atom. The summed E-state index contributed by atoms with van der Waals surface area (Å²) in [6.07, 6.45) is 6.35. The second kappa shape index (κ2) is 9.09. The Labute approximate surface area is 190 Å². The minimum Gasteiger partial charge on any atom is -0.344 e. The van der Waals surface area contributed by atoms with Crippen LogP contribution in [0.4, 0.5) is 0 Å². The van der Waals surface area contributed by atoms with Crippen LogP contribution in [-0.4, -0.2) is 15.7 Å². The van der Waals surface area contributed by atoms with Gasteiger partial charge < -0.3 is 5.32 Å². The topological polar surface area (TPSA) is 64.0 Å². The Kier molecular flexibility index (Phi) is 5.86. The van der Waals surface area contributed by atoms with E-state index < -0.39 is 0 Å². The fourth-order valence-corrected chi connectivity index (χ4v) is 5.29. The molecule has 0 radical (unpaired) electrons. The zero-order valence-electron chi connectivity index (χ0n) is 17.8. The molecule has 1 aliphatic rings. The first kappa shape index (κ1) is 20.6. The zero-order chi connectivity index (χ0) is 21.9. The van der Waals surface area contributed by atoms with Crippen LogP contribution in [0.1, 0.15) is 46.9 Å². The number of aryl methyl sites for hydroxylation is 3. The molecule has 1 unspecified atom stereocenters. The third kappa shape index (κ3) is 4.23. The highest BCUT2D eigenvalue weighted by Gasteiger charge is 2.20. The molecule has 0 fully saturated rings. The highest BCUT2D eigenvalue weighted by Crippen LogP contribution is 2.30. The Morgan fingerprint density at radius 3 is 2.75 bits per heavy atom. The summed E-state index contributed by atoms with van der Waals surface area (Å²) < 4.78 is 1.73. The van der Waals surface area contributed by atoms with E-state index in [1.807, 2.05) is 29.6 Å². The molecule has 6 heteroatoms. The van der Waals surface area contributed by atoms with Crippen LogP contribution in [0.25, 0.3) is 10.9 Å². The Bertz CT molecular complexity index is 1310. The number of thiophene rings is 1. The van der Waals surface area contributed by atoms with E-state index in [2.05, 4.69) is 34.7 Å². The molecule has 0 saturated heterocycles. The Hall–Kier alpha value is -3.25. The lowest BCUT2D eigenvalue weighted by atomic mass is 9.89. The molecule has 1 N–H and O–H groups in total. The van der Waals surface area contributed by atoms with E-state index in [1.165, 1.54) is 30.2 Å². The van der Waals surface area contributed by atoms with Crippen LogP contribution >= 0.6 is 11.3 Å². The van der Waals surface area contributed by atoms with Gasteiger partial charge in [-0.2, -0.15) is 5.10 Å². The smallest absolute Gasteiger partial charge is 0.222 e. The molecule has 1 atom stereocenters. The van der Waals surface area contributed by atoms with E-state index in [0.717, 1.165) is 28.8 Å². The number of aromatic nitrogens is 2. The Balaban J connectivity index is 1.35. The highest BCUT2D eigenvalue weighted by molar-refractivity contribution is 7.10. The summed E-state index contributed by atoms with van der Waals surface area (Å²) in [5.74, 6) is -0.0364. The Morgan fingerprint density at radius 1 is 1.06 bits per heavy atom. The molecule has 0 aliphatic heterocycles. The van der Waals surface area contributed by atoms with E-state index in [4.69, 9.17) is 0 Å². The van der Waals surface area contributed by atoms with Crippen molar-refractivity contribution in [3.05, 3.63) is 98.0 Å². The van der Waals surface area contributed by atoms with Gasteiger partial charge >= 0.3 is 0 Å². The largest absolute Gasteiger partial charge is 0.344 e. The van der Waals surface area contributed by atoms with Crippen molar-refractivity contribution in [2.75, 3.05) is 0 Å². The normalized spacial score (nSPS) is 14.1. The molecule has 162 valence electrons. The summed E-state index contributed by atoms with van der Waals surface area (Å²) in [4.78, 5) is 26.2. The first-order chi connectivity index (χ1) is 15.7. The van der Waals surface area contributed by atoms with E-state index in [9.17, 15) is 9.59 Å². The molecular formula is C26H25N3O2S. The molecule has 0 bridgehead atoms. The monoisotopic (exact) mass is 443 g/mol. The minimum atomic E-state index is -0.159. The average molecular weight is 444 g/mol. The van der Waals surface area contributed by atoms with Crippen molar-refractivity contribution in [1.29, 1.82) is 0 Å². The summed E-state index contributed by atoms with van der Waals surface area (Å²) in [5, 5.41) is 10.1. The van der Waals surface area contributed by atoms with Gasteiger partial charge in [-0.15, -0.1) is 11.3 Å². The van der Waals surface area contributed by atoms with Crippen molar-refractivity contribution in [2.45, 2.75) is 44.7 Å². The standard InChI is InChI=1S/C26H25N3O2S/c30-23-17-27-29(22-9-4-3-8-21(22)23)14-13-25(31)28-26(24-10-5-15-32-24)20-12-11-18-6-1-2-7-19(18)16-20/h3-5,8-12,15-17,26H,1-2,6-7,13-14H2,(H,28,31). The second-order valence-electron chi connectivity index (χ2n) is 8.25. The van der Waals surface area contributed by atoms with E-state index >= 15 is 0 Å². The van der Waals surface area contributed by atoms with Crippen LogP contribution in [0.2, 0.25) is 0 Å². The SMILES string of the molecule is O=C(CCn1ncc(=O)c2ccccc21)NC(c1ccc2c(c1)CCCC2)c1cccs1. The number of hydrogen-bond acceptors (Lipinski definition) is 4. The van der Waals surface area contributed by atoms with Crippen LogP contribution in [-0.2, 0) is 24.2 Å². The number of carbonyl (C=O) groups excluding carboxylic acids is 1. The van der Waals surface area contributed by atoms with Crippen molar-refractivity contribution in [1.82, 2.24) is 15.1 Å². The zero-order valence-corrected chi connectivity index (χ0v) is 18.6. The first-order valence-electron chi connectivity index (χ1n) is 11.1. The molecule has 1 aliphatic carbocycles. The lowest BCUT2D eigenvalue weighted by Crippen LogP contribution is -2.30. The van der Waals surface area contributed by atoms with Gasteiger partial charge in [-0.3, -0.25) is 14.3 Å². The molecule has 1 amide bonds. The molecule has 2 heterocycles. The van der Waals surface area contributed by atoms with Crippen LogP contribution in [0.5, 0.6) is 0 Å². The number of nitrogens with one attached hydrogen (secondary N) is 1. The highest BCUT2D eigenvalue weighted by atomic mass is 32.1. The number of para-hydroxylation sites is 1. The van der Waals surface area contributed by atoms with E-state index in [0.29, 0.717) is 11.9 Å². The number of fused-ring (bicyclic) bond motifs is 2. The van der Waals surface area contributed by atoms with E-state index in [1.54, 1.807) is 22.1 Å².